The Morgan fingerprint density at radius 2 is 1.63 bits per heavy atom. The van der Waals surface area contributed by atoms with Gasteiger partial charge in [0.1, 0.15) is 5.75 Å². The van der Waals surface area contributed by atoms with E-state index in [4.69, 9.17) is 4.74 Å². The molecule has 4 aliphatic carbocycles. The Labute approximate surface area is 161 Å². The summed E-state index contributed by atoms with van der Waals surface area (Å²) in [6.07, 6.45) is 9.39. The number of hydrogen-bond donors (Lipinski definition) is 0. The Balaban J connectivity index is 1.29. The standard InChI is InChI=1S/C24H27NO2/c1-2-22(26)18-5-8-23(25-14-18)27-21-6-3-17(4-7-21)24-19-10-15-9-16(12-19)13-20(24)11-15/h3-8,14-16,19-20,24H,2,9-13H2,1H3. The lowest BCUT2D eigenvalue weighted by Crippen LogP contribution is -2.43. The van der Waals surface area contributed by atoms with Crippen LogP contribution in [0.15, 0.2) is 42.6 Å². The molecule has 0 aliphatic heterocycles. The fourth-order valence-electron chi connectivity index (χ4n) is 6.16. The first-order chi connectivity index (χ1) is 13.2. The maximum absolute atomic E-state index is 11.7. The van der Waals surface area contributed by atoms with Crippen LogP contribution >= 0.6 is 0 Å². The topological polar surface area (TPSA) is 39.2 Å². The van der Waals surface area contributed by atoms with Crippen LogP contribution in [0.25, 0.3) is 0 Å². The average Bonchev–Trinajstić information content (AvgIpc) is 2.68. The quantitative estimate of drug-likeness (QED) is 0.613. The Morgan fingerprint density at radius 1 is 0.963 bits per heavy atom. The molecule has 4 saturated carbocycles. The van der Waals surface area contributed by atoms with Gasteiger partial charge in [0, 0.05) is 24.2 Å². The molecule has 0 atom stereocenters. The van der Waals surface area contributed by atoms with E-state index >= 15 is 0 Å². The van der Waals surface area contributed by atoms with E-state index < -0.39 is 0 Å². The average molecular weight is 361 g/mol. The van der Waals surface area contributed by atoms with E-state index in [1.165, 1.54) is 37.7 Å². The van der Waals surface area contributed by atoms with Crippen molar-refractivity contribution < 1.29 is 9.53 Å². The number of ether oxygens (including phenoxy) is 1. The maximum atomic E-state index is 11.7. The Morgan fingerprint density at radius 3 is 2.19 bits per heavy atom. The van der Waals surface area contributed by atoms with Crippen LogP contribution in [0.2, 0.25) is 0 Å². The summed E-state index contributed by atoms with van der Waals surface area (Å²) >= 11 is 0. The molecule has 4 aliphatic rings. The van der Waals surface area contributed by atoms with Crippen molar-refractivity contribution in [3.63, 3.8) is 0 Å². The number of aromatic nitrogens is 1. The highest BCUT2D eigenvalue weighted by Gasteiger charge is 2.48. The molecule has 6 rings (SSSR count). The van der Waals surface area contributed by atoms with Gasteiger partial charge in [-0.2, -0.15) is 0 Å². The van der Waals surface area contributed by atoms with Crippen LogP contribution in [-0.2, 0) is 0 Å². The summed E-state index contributed by atoms with van der Waals surface area (Å²) in [5.41, 5.74) is 2.13. The van der Waals surface area contributed by atoms with Crippen molar-refractivity contribution in [3.8, 4) is 11.6 Å². The minimum absolute atomic E-state index is 0.106. The van der Waals surface area contributed by atoms with Crippen molar-refractivity contribution in [2.24, 2.45) is 23.7 Å². The number of hydrogen-bond acceptors (Lipinski definition) is 3. The zero-order chi connectivity index (χ0) is 18.4. The van der Waals surface area contributed by atoms with Gasteiger partial charge in [0.15, 0.2) is 5.78 Å². The fraction of sp³-hybridized carbons (Fsp3) is 0.500. The van der Waals surface area contributed by atoms with E-state index in [0.29, 0.717) is 17.9 Å². The SMILES string of the molecule is CCC(=O)c1ccc(Oc2ccc(C3C4CC5CC(C4)CC3C5)cc2)nc1. The van der Waals surface area contributed by atoms with Gasteiger partial charge in [-0.3, -0.25) is 4.79 Å². The Bertz CT molecular complexity index is 796. The predicted molar refractivity (Wildman–Crippen MR) is 105 cm³/mol. The highest BCUT2D eigenvalue weighted by Crippen LogP contribution is 2.59. The molecule has 27 heavy (non-hydrogen) atoms. The minimum atomic E-state index is 0.106. The molecule has 140 valence electrons. The summed E-state index contributed by atoms with van der Waals surface area (Å²) in [4.78, 5) is 16.0. The van der Waals surface area contributed by atoms with Gasteiger partial charge in [-0.25, -0.2) is 4.98 Å². The van der Waals surface area contributed by atoms with E-state index in [-0.39, 0.29) is 5.78 Å². The van der Waals surface area contributed by atoms with Gasteiger partial charge in [0.2, 0.25) is 5.88 Å². The second kappa shape index (κ2) is 6.78. The highest BCUT2D eigenvalue weighted by atomic mass is 16.5. The summed E-state index contributed by atoms with van der Waals surface area (Å²) in [5.74, 6) is 6.03. The summed E-state index contributed by atoms with van der Waals surface area (Å²) in [6, 6.07) is 12.2. The largest absolute Gasteiger partial charge is 0.439 e. The zero-order valence-corrected chi connectivity index (χ0v) is 15.9. The smallest absolute Gasteiger partial charge is 0.219 e. The molecular weight excluding hydrogens is 334 g/mol. The number of Topliss-reactive ketones (excluding diaryl/α,β-unsaturated/α-hetero) is 1. The first-order valence-electron chi connectivity index (χ1n) is 10.5. The van der Waals surface area contributed by atoms with Crippen molar-refractivity contribution in [3.05, 3.63) is 53.7 Å². The molecule has 3 nitrogen and oxygen atoms in total. The van der Waals surface area contributed by atoms with Gasteiger partial charge in [-0.1, -0.05) is 19.1 Å². The van der Waals surface area contributed by atoms with Gasteiger partial charge in [0.25, 0.3) is 0 Å². The number of benzene rings is 1. The highest BCUT2D eigenvalue weighted by molar-refractivity contribution is 5.95. The Kier molecular flexibility index (Phi) is 4.26. The predicted octanol–water partition coefficient (Wildman–Crippen LogP) is 6.01. The summed E-state index contributed by atoms with van der Waals surface area (Å²) in [7, 11) is 0. The lowest BCUT2D eigenvalue weighted by atomic mass is 9.51. The molecule has 0 N–H and O–H groups in total. The first-order valence-corrected chi connectivity index (χ1v) is 10.5. The number of rotatable bonds is 5. The summed E-state index contributed by atoms with van der Waals surface area (Å²) < 4.78 is 5.88. The van der Waals surface area contributed by atoms with Gasteiger partial charge in [-0.15, -0.1) is 0 Å². The second-order valence-corrected chi connectivity index (χ2v) is 8.79. The molecule has 1 aromatic carbocycles. The van der Waals surface area contributed by atoms with Crippen molar-refractivity contribution >= 4 is 5.78 Å². The van der Waals surface area contributed by atoms with E-state index in [0.717, 1.165) is 35.3 Å². The molecule has 0 radical (unpaired) electrons. The third-order valence-corrected chi connectivity index (χ3v) is 7.09. The van der Waals surface area contributed by atoms with Crippen molar-refractivity contribution in [1.82, 2.24) is 4.98 Å². The fourth-order valence-corrected chi connectivity index (χ4v) is 6.16. The molecule has 0 unspecified atom stereocenters. The lowest BCUT2D eigenvalue weighted by molar-refractivity contribution is -0.00279. The van der Waals surface area contributed by atoms with Crippen LogP contribution in [-0.4, -0.2) is 10.8 Å². The molecule has 4 fully saturated rings. The van der Waals surface area contributed by atoms with Crippen LogP contribution in [0.1, 0.15) is 67.3 Å². The van der Waals surface area contributed by atoms with Gasteiger partial charge >= 0.3 is 0 Å². The van der Waals surface area contributed by atoms with Crippen molar-refractivity contribution in [1.29, 1.82) is 0 Å². The molecule has 1 heterocycles. The van der Waals surface area contributed by atoms with Crippen molar-refractivity contribution in [2.45, 2.75) is 51.4 Å². The van der Waals surface area contributed by atoms with Crippen LogP contribution in [0.5, 0.6) is 11.6 Å². The van der Waals surface area contributed by atoms with Crippen LogP contribution in [0.3, 0.4) is 0 Å². The normalized spacial score (nSPS) is 31.1. The zero-order valence-electron chi connectivity index (χ0n) is 15.9. The maximum Gasteiger partial charge on any atom is 0.219 e. The van der Waals surface area contributed by atoms with Crippen LogP contribution in [0.4, 0.5) is 0 Å². The minimum Gasteiger partial charge on any atom is -0.439 e. The monoisotopic (exact) mass is 361 g/mol. The molecule has 2 aromatic rings. The molecule has 0 amide bonds. The molecular formula is C24H27NO2. The van der Waals surface area contributed by atoms with Gasteiger partial charge < -0.3 is 4.74 Å². The molecule has 0 saturated heterocycles. The van der Waals surface area contributed by atoms with E-state index in [1.54, 1.807) is 18.3 Å². The van der Waals surface area contributed by atoms with E-state index in [1.807, 2.05) is 6.92 Å². The third-order valence-electron chi connectivity index (χ3n) is 7.09. The lowest BCUT2D eigenvalue weighted by Gasteiger charge is -2.54. The van der Waals surface area contributed by atoms with Crippen LogP contribution in [0, 0.1) is 23.7 Å². The molecule has 0 spiro atoms. The van der Waals surface area contributed by atoms with Crippen LogP contribution < -0.4 is 4.74 Å². The molecule has 1 aromatic heterocycles. The van der Waals surface area contributed by atoms with Crippen molar-refractivity contribution in [2.75, 3.05) is 0 Å². The van der Waals surface area contributed by atoms with E-state index in [9.17, 15) is 4.79 Å². The summed E-state index contributed by atoms with van der Waals surface area (Å²) in [5, 5.41) is 0. The summed E-state index contributed by atoms with van der Waals surface area (Å²) in [6.45, 7) is 1.86. The number of pyridine rings is 1. The number of ketones is 1. The van der Waals surface area contributed by atoms with E-state index in [2.05, 4.69) is 29.2 Å². The second-order valence-electron chi connectivity index (χ2n) is 8.79. The molecule has 4 bridgehead atoms. The number of nitrogens with zero attached hydrogens (tertiary/aromatic N) is 1. The van der Waals surface area contributed by atoms with Gasteiger partial charge in [-0.05, 0) is 85.5 Å². The molecule has 3 heteroatoms. The Hall–Kier alpha value is -2.16. The first kappa shape index (κ1) is 17.0. The van der Waals surface area contributed by atoms with Gasteiger partial charge in [0.05, 0.1) is 0 Å². The third kappa shape index (κ3) is 3.18. The number of carbonyl (C=O) groups is 1. The number of carbonyl (C=O) groups excluding carboxylic acids is 1.